The number of hydrogen-bond acceptors (Lipinski definition) is 2. The summed E-state index contributed by atoms with van der Waals surface area (Å²) in [7, 11) is 0. The van der Waals surface area contributed by atoms with Crippen LogP contribution in [0.15, 0.2) is 42.5 Å². The molecule has 0 saturated heterocycles. The number of carbonyl (C=O) groups excluding carboxylic acids is 2. The van der Waals surface area contributed by atoms with Crippen molar-refractivity contribution < 1.29 is 9.59 Å². The number of amides is 2. The predicted octanol–water partition coefficient (Wildman–Crippen LogP) is 5.52. The molecule has 1 atom stereocenters. The minimum Gasteiger partial charge on any atom is -0.352 e. The Balaban J connectivity index is 2.36. The molecule has 4 nitrogen and oxygen atoms in total. The average molecular weight is 456 g/mol. The lowest BCUT2D eigenvalue weighted by atomic mass is 10.1. The maximum absolute atomic E-state index is 13.2. The van der Waals surface area contributed by atoms with Gasteiger partial charge >= 0.3 is 0 Å². The van der Waals surface area contributed by atoms with E-state index in [1.165, 1.54) is 0 Å². The highest BCUT2D eigenvalue weighted by molar-refractivity contribution is 6.36. The molecule has 2 rings (SSSR count). The first-order valence-electron chi connectivity index (χ1n) is 9.50. The fraction of sp³-hybridized carbons (Fsp3) is 0.364. The number of hydrogen-bond donors (Lipinski definition) is 1. The van der Waals surface area contributed by atoms with E-state index in [4.69, 9.17) is 34.8 Å². The van der Waals surface area contributed by atoms with Crippen LogP contribution in [0.1, 0.15) is 38.3 Å². The maximum Gasteiger partial charge on any atom is 0.243 e. The summed E-state index contributed by atoms with van der Waals surface area (Å²) in [6, 6.07) is 11.6. The van der Waals surface area contributed by atoms with Crippen molar-refractivity contribution in [3.05, 3.63) is 68.7 Å². The van der Waals surface area contributed by atoms with Crippen LogP contribution in [-0.2, 0) is 22.6 Å². The molecule has 0 bridgehead atoms. The largest absolute Gasteiger partial charge is 0.352 e. The smallest absolute Gasteiger partial charge is 0.243 e. The molecule has 1 N–H and O–H groups in total. The number of benzene rings is 2. The molecule has 2 aromatic carbocycles. The molecule has 0 aliphatic carbocycles. The van der Waals surface area contributed by atoms with Gasteiger partial charge in [-0.3, -0.25) is 9.59 Å². The predicted molar refractivity (Wildman–Crippen MR) is 120 cm³/mol. The zero-order valence-corrected chi connectivity index (χ0v) is 19.0. The van der Waals surface area contributed by atoms with Crippen LogP contribution in [-0.4, -0.2) is 28.8 Å². The molecule has 0 heterocycles. The lowest BCUT2D eigenvalue weighted by Gasteiger charge is -2.31. The molecule has 0 aliphatic rings. The SMILES string of the molecule is CC[C@H](C(=O)NC(C)C)N(Cc1c(Cl)cccc1Cl)C(=O)Cc1ccc(Cl)cc1. The van der Waals surface area contributed by atoms with Crippen LogP contribution < -0.4 is 5.32 Å². The Labute approximate surface area is 187 Å². The molecular weight excluding hydrogens is 431 g/mol. The number of carbonyl (C=O) groups is 2. The lowest BCUT2D eigenvalue weighted by molar-refractivity contribution is -0.141. The van der Waals surface area contributed by atoms with Gasteiger partial charge in [0, 0.05) is 33.2 Å². The second kappa shape index (κ2) is 10.9. The Hall–Kier alpha value is -1.75. The van der Waals surface area contributed by atoms with Gasteiger partial charge in [-0.2, -0.15) is 0 Å². The Bertz CT molecular complexity index is 833. The van der Waals surface area contributed by atoms with Crippen molar-refractivity contribution in [2.75, 3.05) is 0 Å². The van der Waals surface area contributed by atoms with Crippen molar-refractivity contribution >= 4 is 46.6 Å². The zero-order chi connectivity index (χ0) is 21.6. The van der Waals surface area contributed by atoms with Crippen molar-refractivity contribution in [1.29, 1.82) is 0 Å². The fourth-order valence-corrected chi connectivity index (χ4v) is 3.68. The molecule has 0 radical (unpaired) electrons. The quantitative estimate of drug-likeness (QED) is 0.569. The van der Waals surface area contributed by atoms with Crippen LogP contribution in [0, 0.1) is 0 Å². The van der Waals surface area contributed by atoms with Crippen LogP contribution in [0.3, 0.4) is 0 Å². The summed E-state index contributed by atoms with van der Waals surface area (Å²) in [5.41, 5.74) is 1.44. The van der Waals surface area contributed by atoms with E-state index >= 15 is 0 Å². The van der Waals surface area contributed by atoms with E-state index in [0.29, 0.717) is 27.1 Å². The molecule has 29 heavy (non-hydrogen) atoms. The minimum absolute atomic E-state index is 0.0336. The molecule has 156 valence electrons. The van der Waals surface area contributed by atoms with Crippen LogP contribution in [0.4, 0.5) is 0 Å². The van der Waals surface area contributed by atoms with Gasteiger partial charge in [0.25, 0.3) is 0 Å². The summed E-state index contributed by atoms with van der Waals surface area (Å²) >= 11 is 18.6. The van der Waals surface area contributed by atoms with Crippen LogP contribution >= 0.6 is 34.8 Å². The summed E-state index contributed by atoms with van der Waals surface area (Å²) in [4.78, 5) is 27.6. The molecule has 0 aromatic heterocycles. The number of rotatable bonds is 8. The molecule has 0 unspecified atom stereocenters. The Morgan fingerprint density at radius 2 is 1.59 bits per heavy atom. The second-order valence-electron chi connectivity index (χ2n) is 7.11. The van der Waals surface area contributed by atoms with Crippen LogP contribution in [0.2, 0.25) is 15.1 Å². The lowest BCUT2D eigenvalue weighted by Crippen LogP contribution is -2.50. The topological polar surface area (TPSA) is 49.4 Å². The third-order valence-electron chi connectivity index (χ3n) is 4.48. The highest BCUT2D eigenvalue weighted by Crippen LogP contribution is 2.27. The first kappa shape index (κ1) is 23.5. The second-order valence-corrected chi connectivity index (χ2v) is 8.36. The van der Waals surface area contributed by atoms with Crippen molar-refractivity contribution in [3.63, 3.8) is 0 Å². The van der Waals surface area contributed by atoms with Gasteiger partial charge in [0.2, 0.25) is 11.8 Å². The highest BCUT2D eigenvalue weighted by atomic mass is 35.5. The first-order valence-corrected chi connectivity index (χ1v) is 10.6. The third-order valence-corrected chi connectivity index (χ3v) is 5.44. The molecule has 0 spiro atoms. The standard InChI is InChI=1S/C22H25Cl3N2O2/c1-4-20(22(29)26-14(2)3)27(13-17-18(24)6-5-7-19(17)25)21(28)12-15-8-10-16(23)11-9-15/h5-11,14,20H,4,12-13H2,1-3H3,(H,26,29)/t20-/m1/s1. The Morgan fingerprint density at radius 3 is 2.10 bits per heavy atom. The molecule has 0 fully saturated rings. The number of halogens is 3. The summed E-state index contributed by atoms with van der Waals surface area (Å²) in [6.45, 7) is 5.79. The highest BCUT2D eigenvalue weighted by Gasteiger charge is 2.30. The van der Waals surface area contributed by atoms with Crippen LogP contribution in [0.5, 0.6) is 0 Å². The summed E-state index contributed by atoms with van der Waals surface area (Å²) in [5, 5.41) is 4.42. The van der Waals surface area contributed by atoms with Gasteiger partial charge in [-0.1, -0.05) is 59.9 Å². The van der Waals surface area contributed by atoms with Crippen molar-refractivity contribution in [2.24, 2.45) is 0 Å². The summed E-state index contributed by atoms with van der Waals surface area (Å²) in [5.74, 6) is -0.385. The maximum atomic E-state index is 13.2. The normalized spacial score (nSPS) is 12.0. The van der Waals surface area contributed by atoms with E-state index in [-0.39, 0.29) is 30.8 Å². The zero-order valence-electron chi connectivity index (χ0n) is 16.7. The third kappa shape index (κ3) is 6.63. The molecule has 0 aliphatic heterocycles. The van der Waals surface area contributed by atoms with E-state index in [1.54, 1.807) is 47.4 Å². The first-order chi connectivity index (χ1) is 13.7. The van der Waals surface area contributed by atoms with E-state index in [2.05, 4.69) is 5.32 Å². The summed E-state index contributed by atoms with van der Waals surface area (Å²) in [6.07, 6.45) is 0.609. The fourth-order valence-electron chi connectivity index (χ4n) is 3.03. The average Bonchev–Trinajstić information content (AvgIpc) is 2.65. The number of nitrogens with one attached hydrogen (secondary N) is 1. The van der Waals surface area contributed by atoms with Gasteiger partial charge in [-0.25, -0.2) is 0 Å². The van der Waals surface area contributed by atoms with Crippen molar-refractivity contribution in [3.8, 4) is 0 Å². The van der Waals surface area contributed by atoms with E-state index in [1.807, 2.05) is 20.8 Å². The number of nitrogens with zero attached hydrogens (tertiary/aromatic N) is 1. The van der Waals surface area contributed by atoms with E-state index in [0.717, 1.165) is 5.56 Å². The van der Waals surface area contributed by atoms with Gasteiger partial charge in [0.05, 0.1) is 6.42 Å². The molecular formula is C22H25Cl3N2O2. The van der Waals surface area contributed by atoms with Gasteiger partial charge in [0.1, 0.15) is 6.04 Å². The Kier molecular flexibility index (Phi) is 8.81. The van der Waals surface area contributed by atoms with E-state index < -0.39 is 6.04 Å². The monoisotopic (exact) mass is 454 g/mol. The van der Waals surface area contributed by atoms with Gasteiger partial charge < -0.3 is 10.2 Å². The van der Waals surface area contributed by atoms with E-state index in [9.17, 15) is 9.59 Å². The van der Waals surface area contributed by atoms with Crippen molar-refractivity contribution in [2.45, 2.75) is 52.2 Å². The van der Waals surface area contributed by atoms with Gasteiger partial charge in [-0.05, 0) is 50.1 Å². The summed E-state index contributed by atoms with van der Waals surface area (Å²) < 4.78 is 0. The molecule has 2 aromatic rings. The van der Waals surface area contributed by atoms with Gasteiger partial charge in [0.15, 0.2) is 0 Å². The van der Waals surface area contributed by atoms with Crippen molar-refractivity contribution in [1.82, 2.24) is 10.2 Å². The Morgan fingerprint density at radius 1 is 1.00 bits per heavy atom. The molecule has 0 saturated carbocycles. The molecule has 2 amide bonds. The van der Waals surface area contributed by atoms with Crippen LogP contribution in [0.25, 0.3) is 0 Å². The minimum atomic E-state index is -0.635. The molecule has 7 heteroatoms. The van der Waals surface area contributed by atoms with Gasteiger partial charge in [-0.15, -0.1) is 0 Å².